The first-order chi connectivity index (χ1) is 9.56. The van der Waals surface area contributed by atoms with Gasteiger partial charge >= 0.3 is 5.97 Å². The number of hydrogen-bond donors (Lipinski definition) is 1. The van der Waals surface area contributed by atoms with E-state index in [2.05, 4.69) is 15.9 Å². The summed E-state index contributed by atoms with van der Waals surface area (Å²) in [4.78, 5) is 26.0. The first-order valence-corrected chi connectivity index (χ1v) is 7.37. The van der Waals surface area contributed by atoms with Gasteiger partial charge in [0.05, 0.1) is 16.6 Å². The lowest BCUT2D eigenvalue weighted by Gasteiger charge is -2.23. The van der Waals surface area contributed by atoms with E-state index in [1.165, 1.54) is 0 Å². The average Bonchev–Trinajstić information content (AvgIpc) is 2.91. The Morgan fingerprint density at radius 3 is 2.95 bits per heavy atom. The van der Waals surface area contributed by atoms with Crippen LogP contribution in [0.2, 0.25) is 0 Å². The molecule has 1 aliphatic rings. The first kappa shape index (κ1) is 14.8. The lowest BCUT2D eigenvalue weighted by Crippen LogP contribution is -2.41. The molecule has 6 heteroatoms. The molecule has 2 rings (SSSR count). The van der Waals surface area contributed by atoms with Crippen molar-refractivity contribution in [2.45, 2.75) is 25.8 Å². The predicted octanol–water partition coefficient (Wildman–Crippen LogP) is 2.20. The molecule has 1 amide bonds. The Balaban J connectivity index is 2.23. The fraction of sp³-hybridized carbons (Fsp3) is 0.429. The van der Waals surface area contributed by atoms with E-state index in [1.807, 2.05) is 0 Å². The van der Waals surface area contributed by atoms with Crippen LogP contribution in [0.5, 0.6) is 0 Å². The zero-order valence-corrected chi connectivity index (χ0v) is 12.9. The van der Waals surface area contributed by atoms with E-state index >= 15 is 0 Å². The van der Waals surface area contributed by atoms with Crippen molar-refractivity contribution >= 4 is 33.5 Å². The first-order valence-electron chi connectivity index (χ1n) is 6.57. The summed E-state index contributed by atoms with van der Waals surface area (Å²) < 4.78 is 5.60. The van der Waals surface area contributed by atoms with Gasteiger partial charge in [0.25, 0.3) is 5.91 Å². The Morgan fingerprint density at radius 1 is 1.50 bits per heavy atom. The summed E-state index contributed by atoms with van der Waals surface area (Å²) in [6.45, 7) is 2.64. The van der Waals surface area contributed by atoms with Crippen molar-refractivity contribution in [3.63, 3.8) is 0 Å². The van der Waals surface area contributed by atoms with E-state index in [0.717, 1.165) is 6.42 Å². The van der Waals surface area contributed by atoms with Crippen LogP contribution in [0.15, 0.2) is 22.7 Å². The quantitative estimate of drug-likeness (QED) is 0.676. The second-order valence-corrected chi connectivity index (χ2v) is 5.41. The minimum Gasteiger partial charge on any atom is -0.464 e. The Labute approximate surface area is 126 Å². The van der Waals surface area contributed by atoms with E-state index in [9.17, 15) is 9.59 Å². The third kappa shape index (κ3) is 2.80. The maximum absolute atomic E-state index is 12.6. The van der Waals surface area contributed by atoms with Crippen LogP contribution in [0.25, 0.3) is 0 Å². The summed E-state index contributed by atoms with van der Waals surface area (Å²) in [6, 6.07) is 4.65. The molecule has 5 nitrogen and oxygen atoms in total. The van der Waals surface area contributed by atoms with Gasteiger partial charge in [-0.05, 0) is 47.8 Å². The monoisotopic (exact) mass is 340 g/mol. The van der Waals surface area contributed by atoms with Crippen molar-refractivity contribution in [3.05, 3.63) is 28.2 Å². The van der Waals surface area contributed by atoms with Gasteiger partial charge in [-0.2, -0.15) is 0 Å². The number of nitrogens with zero attached hydrogens (tertiary/aromatic N) is 1. The molecule has 0 bridgehead atoms. The van der Waals surface area contributed by atoms with Gasteiger partial charge in [-0.3, -0.25) is 4.79 Å². The normalized spacial score (nSPS) is 18.1. The molecule has 1 aliphatic heterocycles. The van der Waals surface area contributed by atoms with E-state index in [-0.39, 0.29) is 11.9 Å². The highest BCUT2D eigenvalue weighted by Crippen LogP contribution is 2.28. The highest BCUT2D eigenvalue weighted by molar-refractivity contribution is 9.10. The number of ether oxygens (including phenoxy) is 1. The highest BCUT2D eigenvalue weighted by Gasteiger charge is 2.36. The van der Waals surface area contributed by atoms with Crippen LogP contribution in [0.1, 0.15) is 30.1 Å². The van der Waals surface area contributed by atoms with Crippen molar-refractivity contribution in [3.8, 4) is 0 Å². The highest BCUT2D eigenvalue weighted by atomic mass is 79.9. The SMILES string of the molecule is CCOC(=O)C1CCCN1C(=O)c1cccc(N)c1Br. The van der Waals surface area contributed by atoms with Gasteiger partial charge < -0.3 is 15.4 Å². The molecule has 0 spiro atoms. The van der Waals surface area contributed by atoms with Crippen LogP contribution in [-0.4, -0.2) is 36.0 Å². The fourth-order valence-corrected chi connectivity index (χ4v) is 2.80. The Bertz CT molecular complexity index is 533. The number of rotatable bonds is 3. The number of benzene rings is 1. The second-order valence-electron chi connectivity index (χ2n) is 4.62. The van der Waals surface area contributed by atoms with Gasteiger partial charge in [-0.15, -0.1) is 0 Å². The van der Waals surface area contributed by atoms with Crippen molar-refractivity contribution in [1.29, 1.82) is 0 Å². The maximum atomic E-state index is 12.6. The van der Waals surface area contributed by atoms with Crippen LogP contribution in [0, 0.1) is 0 Å². The van der Waals surface area contributed by atoms with Crippen molar-refractivity contribution in [2.24, 2.45) is 0 Å². The third-order valence-electron chi connectivity index (χ3n) is 3.33. The molecule has 1 heterocycles. The van der Waals surface area contributed by atoms with Crippen LogP contribution in [0.3, 0.4) is 0 Å². The summed E-state index contributed by atoms with van der Waals surface area (Å²) >= 11 is 3.33. The number of carbonyl (C=O) groups is 2. The molecule has 1 saturated heterocycles. The minimum atomic E-state index is -0.490. The predicted molar refractivity (Wildman–Crippen MR) is 79.2 cm³/mol. The zero-order chi connectivity index (χ0) is 14.7. The topological polar surface area (TPSA) is 72.6 Å². The Morgan fingerprint density at radius 2 is 2.25 bits per heavy atom. The lowest BCUT2D eigenvalue weighted by molar-refractivity contribution is -0.147. The number of hydrogen-bond acceptors (Lipinski definition) is 4. The number of carbonyl (C=O) groups excluding carboxylic acids is 2. The average molecular weight is 341 g/mol. The third-order valence-corrected chi connectivity index (χ3v) is 4.22. The van der Waals surface area contributed by atoms with Gasteiger partial charge in [0.2, 0.25) is 0 Å². The smallest absolute Gasteiger partial charge is 0.328 e. The zero-order valence-electron chi connectivity index (χ0n) is 11.3. The summed E-state index contributed by atoms with van der Waals surface area (Å²) in [7, 11) is 0. The number of likely N-dealkylation sites (tertiary alicyclic amines) is 1. The number of anilines is 1. The molecule has 1 fully saturated rings. The van der Waals surface area contributed by atoms with Crippen LogP contribution in [-0.2, 0) is 9.53 Å². The van der Waals surface area contributed by atoms with E-state index < -0.39 is 6.04 Å². The van der Waals surface area contributed by atoms with Crippen LogP contribution in [0.4, 0.5) is 5.69 Å². The molecule has 2 N–H and O–H groups in total. The molecule has 0 saturated carbocycles. The molecule has 1 atom stereocenters. The van der Waals surface area contributed by atoms with E-state index in [4.69, 9.17) is 10.5 Å². The lowest BCUT2D eigenvalue weighted by atomic mass is 10.1. The molecule has 108 valence electrons. The second kappa shape index (κ2) is 6.26. The largest absolute Gasteiger partial charge is 0.464 e. The van der Waals surface area contributed by atoms with Crippen LogP contribution < -0.4 is 5.73 Å². The number of amides is 1. The number of nitrogen functional groups attached to an aromatic ring is 1. The van der Waals surface area contributed by atoms with Crippen LogP contribution >= 0.6 is 15.9 Å². The molecule has 0 aromatic heterocycles. The molecule has 0 radical (unpaired) electrons. The molecule has 1 aromatic rings. The van der Waals surface area contributed by atoms with Gasteiger partial charge in [0.15, 0.2) is 0 Å². The minimum absolute atomic E-state index is 0.195. The molecular weight excluding hydrogens is 324 g/mol. The maximum Gasteiger partial charge on any atom is 0.328 e. The number of esters is 1. The van der Waals surface area contributed by atoms with Gasteiger partial charge in [-0.1, -0.05) is 6.07 Å². The summed E-state index contributed by atoms with van der Waals surface area (Å²) in [6.07, 6.45) is 1.44. The summed E-state index contributed by atoms with van der Waals surface area (Å²) in [5, 5.41) is 0. The molecule has 1 aromatic carbocycles. The number of nitrogens with two attached hydrogens (primary N) is 1. The standard InChI is InChI=1S/C14H17BrN2O3/c1-2-20-14(19)11-7-4-8-17(11)13(18)9-5-3-6-10(16)12(9)15/h3,5-6,11H,2,4,7-8,16H2,1H3. The van der Waals surface area contributed by atoms with E-state index in [0.29, 0.717) is 35.3 Å². The summed E-state index contributed by atoms with van der Waals surface area (Å²) in [5.41, 5.74) is 6.77. The van der Waals surface area contributed by atoms with Gasteiger partial charge in [0, 0.05) is 12.2 Å². The number of halogens is 1. The Hall–Kier alpha value is -1.56. The van der Waals surface area contributed by atoms with Crippen molar-refractivity contribution in [1.82, 2.24) is 4.90 Å². The summed E-state index contributed by atoms with van der Waals surface area (Å²) in [5.74, 6) is -0.530. The molecule has 20 heavy (non-hydrogen) atoms. The van der Waals surface area contributed by atoms with Gasteiger partial charge in [-0.25, -0.2) is 4.79 Å². The van der Waals surface area contributed by atoms with Crippen molar-refractivity contribution < 1.29 is 14.3 Å². The molecule has 0 aliphatic carbocycles. The fourth-order valence-electron chi connectivity index (χ4n) is 2.36. The van der Waals surface area contributed by atoms with E-state index in [1.54, 1.807) is 30.0 Å². The Kier molecular flexibility index (Phi) is 4.65. The van der Waals surface area contributed by atoms with Crippen molar-refractivity contribution in [2.75, 3.05) is 18.9 Å². The molecular formula is C14H17BrN2O3. The molecule has 1 unspecified atom stereocenters. The van der Waals surface area contributed by atoms with Gasteiger partial charge in [0.1, 0.15) is 6.04 Å².